The maximum atomic E-state index is 6.36. The van der Waals surface area contributed by atoms with Gasteiger partial charge in [-0.1, -0.05) is 57.0 Å². The Morgan fingerprint density at radius 2 is 1.81 bits per heavy atom. The molecule has 0 aromatic heterocycles. The molecule has 1 saturated heterocycles. The molecule has 1 heteroatoms. The van der Waals surface area contributed by atoms with Crippen LogP contribution in [-0.4, -0.2) is 12.7 Å². The Balaban J connectivity index is 1.48. The Morgan fingerprint density at radius 3 is 2.38 bits per heavy atom. The highest BCUT2D eigenvalue weighted by atomic mass is 16.5. The summed E-state index contributed by atoms with van der Waals surface area (Å²) in [5, 5.41) is 0. The molecule has 1 heterocycles. The van der Waals surface area contributed by atoms with E-state index in [4.69, 9.17) is 4.74 Å². The average molecular weight is 355 g/mol. The predicted molar refractivity (Wildman–Crippen MR) is 112 cm³/mol. The second-order valence-corrected chi connectivity index (χ2v) is 8.77. The van der Waals surface area contributed by atoms with Gasteiger partial charge in [-0.15, -0.1) is 6.58 Å². The fourth-order valence-electron chi connectivity index (χ4n) is 4.93. The lowest BCUT2D eigenvalue weighted by atomic mass is 9.77. The van der Waals surface area contributed by atoms with Crippen LogP contribution in [0.3, 0.4) is 0 Å². The monoisotopic (exact) mass is 354 g/mol. The molecule has 144 valence electrons. The van der Waals surface area contributed by atoms with Gasteiger partial charge in [0.1, 0.15) is 0 Å². The quantitative estimate of drug-likeness (QED) is 0.469. The number of benzene rings is 1. The van der Waals surface area contributed by atoms with Gasteiger partial charge in [-0.2, -0.15) is 0 Å². The molecule has 2 fully saturated rings. The number of hydrogen-bond donors (Lipinski definition) is 0. The molecule has 26 heavy (non-hydrogen) atoms. The summed E-state index contributed by atoms with van der Waals surface area (Å²) in [6.07, 6.45) is 14.4. The van der Waals surface area contributed by atoms with Gasteiger partial charge >= 0.3 is 0 Å². The molecule has 0 amide bonds. The topological polar surface area (TPSA) is 9.23 Å². The van der Waals surface area contributed by atoms with E-state index in [1.165, 1.54) is 68.9 Å². The van der Waals surface area contributed by atoms with Crippen LogP contribution in [0.15, 0.2) is 36.9 Å². The van der Waals surface area contributed by atoms with Gasteiger partial charge in [0, 0.05) is 5.92 Å². The third-order valence-electron chi connectivity index (χ3n) is 6.95. The Bertz CT molecular complexity index is 530. The first kappa shape index (κ1) is 19.7. The highest BCUT2D eigenvalue weighted by Crippen LogP contribution is 2.38. The van der Waals surface area contributed by atoms with Crippen molar-refractivity contribution in [1.82, 2.24) is 0 Å². The Labute approximate surface area is 161 Å². The van der Waals surface area contributed by atoms with E-state index in [2.05, 4.69) is 50.8 Å². The highest BCUT2D eigenvalue weighted by Gasteiger charge is 2.31. The third-order valence-corrected chi connectivity index (χ3v) is 6.95. The predicted octanol–water partition coefficient (Wildman–Crippen LogP) is 7.24. The van der Waals surface area contributed by atoms with Crippen molar-refractivity contribution in [3.05, 3.63) is 48.0 Å². The minimum atomic E-state index is 0.505. The first-order valence-corrected chi connectivity index (χ1v) is 11.0. The SMILES string of the molecule is C=CC1CCC(C2CCC(c3ccc(C(C)CCCC)cc3)CO2)CC1. The second-order valence-electron chi connectivity index (χ2n) is 8.77. The largest absolute Gasteiger partial charge is 0.377 e. The minimum Gasteiger partial charge on any atom is -0.377 e. The minimum absolute atomic E-state index is 0.505. The zero-order chi connectivity index (χ0) is 18.4. The smallest absolute Gasteiger partial charge is 0.0603 e. The molecule has 3 atom stereocenters. The normalized spacial score (nSPS) is 30.7. The summed E-state index contributed by atoms with van der Waals surface area (Å²) in [5.41, 5.74) is 2.97. The van der Waals surface area contributed by atoms with Crippen molar-refractivity contribution in [2.75, 3.05) is 6.61 Å². The van der Waals surface area contributed by atoms with Crippen molar-refractivity contribution in [1.29, 1.82) is 0 Å². The van der Waals surface area contributed by atoms with Gasteiger partial charge in [0.25, 0.3) is 0 Å². The van der Waals surface area contributed by atoms with E-state index >= 15 is 0 Å². The molecule has 0 bridgehead atoms. The first-order valence-electron chi connectivity index (χ1n) is 11.0. The fourth-order valence-corrected chi connectivity index (χ4v) is 4.93. The van der Waals surface area contributed by atoms with E-state index in [1.807, 2.05) is 0 Å². The molecule has 0 radical (unpaired) electrons. The molecule has 3 unspecified atom stereocenters. The number of allylic oxidation sites excluding steroid dienone is 1. The average Bonchev–Trinajstić information content (AvgIpc) is 2.72. The van der Waals surface area contributed by atoms with E-state index in [0.29, 0.717) is 17.9 Å². The van der Waals surface area contributed by atoms with Crippen molar-refractivity contribution in [3.63, 3.8) is 0 Å². The Kier molecular flexibility index (Phi) is 7.37. The molecule has 1 aliphatic heterocycles. The van der Waals surface area contributed by atoms with Crippen LogP contribution in [0, 0.1) is 11.8 Å². The van der Waals surface area contributed by atoms with Gasteiger partial charge in [-0.05, 0) is 73.8 Å². The van der Waals surface area contributed by atoms with Crippen molar-refractivity contribution >= 4 is 0 Å². The Hall–Kier alpha value is -1.08. The molecule has 2 aliphatic rings. The number of ether oxygens (including phenoxy) is 1. The zero-order valence-electron chi connectivity index (χ0n) is 17.0. The molecule has 1 aromatic carbocycles. The molecular weight excluding hydrogens is 316 g/mol. The molecule has 0 N–H and O–H groups in total. The second kappa shape index (κ2) is 9.74. The standard InChI is InChI=1S/C25H38O/c1-4-6-7-19(3)21-12-14-22(15-13-21)24-16-17-25(26-18-24)23-10-8-20(5-2)9-11-23/h5,12-15,19-20,23-25H,2,4,6-11,16-18H2,1,3H3. The molecule has 0 spiro atoms. The molecular formula is C25H38O. The summed E-state index contributed by atoms with van der Waals surface area (Å²) in [6, 6.07) is 9.44. The van der Waals surface area contributed by atoms with Crippen LogP contribution < -0.4 is 0 Å². The van der Waals surface area contributed by atoms with Crippen LogP contribution in [0.5, 0.6) is 0 Å². The maximum absolute atomic E-state index is 6.36. The highest BCUT2D eigenvalue weighted by molar-refractivity contribution is 5.27. The lowest BCUT2D eigenvalue weighted by Gasteiger charge is -2.37. The summed E-state index contributed by atoms with van der Waals surface area (Å²) in [6.45, 7) is 9.52. The summed E-state index contributed by atoms with van der Waals surface area (Å²) in [7, 11) is 0. The van der Waals surface area contributed by atoms with Crippen LogP contribution in [0.2, 0.25) is 0 Å². The number of unbranched alkanes of at least 4 members (excludes halogenated alkanes) is 1. The van der Waals surface area contributed by atoms with E-state index in [1.54, 1.807) is 0 Å². The van der Waals surface area contributed by atoms with Crippen LogP contribution in [0.1, 0.15) is 94.6 Å². The van der Waals surface area contributed by atoms with Gasteiger partial charge in [0.2, 0.25) is 0 Å². The molecule has 3 rings (SSSR count). The van der Waals surface area contributed by atoms with Gasteiger partial charge in [-0.25, -0.2) is 0 Å². The van der Waals surface area contributed by atoms with Crippen LogP contribution in [-0.2, 0) is 4.74 Å². The van der Waals surface area contributed by atoms with E-state index in [0.717, 1.165) is 18.4 Å². The van der Waals surface area contributed by atoms with Crippen molar-refractivity contribution in [3.8, 4) is 0 Å². The van der Waals surface area contributed by atoms with E-state index < -0.39 is 0 Å². The van der Waals surface area contributed by atoms with Crippen molar-refractivity contribution < 1.29 is 4.74 Å². The number of hydrogen-bond acceptors (Lipinski definition) is 1. The molecule has 1 aromatic rings. The Morgan fingerprint density at radius 1 is 1.08 bits per heavy atom. The van der Waals surface area contributed by atoms with Crippen LogP contribution >= 0.6 is 0 Å². The summed E-state index contributed by atoms with van der Waals surface area (Å²) in [4.78, 5) is 0. The third kappa shape index (κ3) is 5.00. The zero-order valence-corrected chi connectivity index (χ0v) is 17.0. The molecule has 1 aliphatic carbocycles. The lowest BCUT2D eigenvalue weighted by molar-refractivity contribution is -0.0419. The van der Waals surface area contributed by atoms with Crippen LogP contribution in [0.25, 0.3) is 0 Å². The van der Waals surface area contributed by atoms with Gasteiger partial charge < -0.3 is 4.74 Å². The van der Waals surface area contributed by atoms with Crippen molar-refractivity contribution in [2.45, 2.75) is 89.6 Å². The van der Waals surface area contributed by atoms with Crippen molar-refractivity contribution in [2.24, 2.45) is 11.8 Å². The summed E-state index contributed by atoms with van der Waals surface area (Å²) in [5.74, 6) is 2.81. The van der Waals surface area contributed by atoms with E-state index in [-0.39, 0.29) is 0 Å². The maximum Gasteiger partial charge on any atom is 0.0603 e. The lowest BCUT2D eigenvalue weighted by Crippen LogP contribution is -2.33. The first-order chi connectivity index (χ1) is 12.7. The molecule has 1 nitrogen and oxygen atoms in total. The summed E-state index contributed by atoms with van der Waals surface area (Å²) >= 11 is 0. The van der Waals surface area contributed by atoms with Crippen LogP contribution in [0.4, 0.5) is 0 Å². The van der Waals surface area contributed by atoms with Gasteiger partial charge in [-0.3, -0.25) is 0 Å². The molecule has 1 saturated carbocycles. The fraction of sp³-hybridized carbons (Fsp3) is 0.680. The summed E-state index contributed by atoms with van der Waals surface area (Å²) < 4.78 is 6.36. The number of rotatable bonds is 7. The van der Waals surface area contributed by atoms with Gasteiger partial charge in [0.15, 0.2) is 0 Å². The van der Waals surface area contributed by atoms with E-state index in [9.17, 15) is 0 Å². The van der Waals surface area contributed by atoms with Gasteiger partial charge in [0.05, 0.1) is 12.7 Å².